The number of aryl methyl sites for hydroxylation is 1. The van der Waals surface area contributed by atoms with Gasteiger partial charge < -0.3 is 14.4 Å². The van der Waals surface area contributed by atoms with Crippen molar-refractivity contribution < 1.29 is 9.53 Å². The highest BCUT2D eigenvalue weighted by Crippen LogP contribution is 2.28. The fourth-order valence-corrected chi connectivity index (χ4v) is 2.55. The number of carbonyl (C=O) groups excluding carboxylic acids is 1. The first-order valence-electron chi connectivity index (χ1n) is 6.70. The molecule has 0 aliphatic carbocycles. The summed E-state index contributed by atoms with van der Waals surface area (Å²) >= 11 is 0. The Morgan fingerprint density at radius 3 is 2.72 bits per heavy atom. The molecular formula is C15H21NO2. The number of methoxy groups -OCH3 is 1. The number of aldehydes is 1. The van der Waals surface area contributed by atoms with Crippen LogP contribution in [0, 0.1) is 0 Å². The lowest BCUT2D eigenvalue weighted by Crippen LogP contribution is -2.30. The van der Waals surface area contributed by atoms with Gasteiger partial charge in [0.2, 0.25) is 0 Å². The number of anilines is 1. The van der Waals surface area contributed by atoms with E-state index in [1.807, 2.05) is 6.07 Å². The maximum absolute atomic E-state index is 10.6. The summed E-state index contributed by atoms with van der Waals surface area (Å²) in [6, 6.07) is 6.20. The predicted octanol–water partition coefficient (Wildman–Crippen LogP) is 2.82. The second-order valence-electron chi connectivity index (χ2n) is 4.75. The zero-order valence-corrected chi connectivity index (χ0v) is 11.0. The quantitative estimate of drug-likeness (QED) is 0.749. The van der Waals surface area contributed by atoms with Gasteiger partial charge in [-0.1, -0.05) is 0 Å². The van der Waals surface area contributed by atoms with Crippen LogP contribution < -0.4 is 9.64 Å². The van der Waals surface area contributed by atoms with Crippen LogP contribution in [0.1, 0.15) is 31.2 Å². The molecule has 1 aromatic rings. The average Bonchev–Trinajstić information content (AvgIpc) is 2.45. The number of carbonyl (C=O) groups is 1. The van der Waals surface area contributed by atoms with Crippen molar-refractivity contribution in [1.29, 1.82) is 0 Å². The normalized spacial score (nSPS) is 15.5. The van der Waals surface area contributed by atoms with E-state index >= 15 is 0 Å². The van der Waals surface area contributed by atoms with E-state index in [-0.39, 0.29) is 0 Å². The van der Waals surface area contributed by atoms with E-state index in [9.17, 15) is 4.79 Å². The number of nitrogens with zero attached hydrogens (tertiary/aromatic N) is 1. The molecule has 1 aliphatic heterocycles. The molecule has 3 nitrogen and oxygen atoms in total. The molecule has 0 unspecified atom stereocenters. The molecule has 0 atom stereocenters. The number of hydrogen-bond donors (Lipinski definition) is 0. The van der Waals surface area contributed by atoms with Crippen LogP contribution in [-0.2, 0) is 11.2 Å². The number of piperidine rings is 1. The second kappa shape index (κ2) is 6.43. The summed E-state index contributed by atoms with van der Waals surface area (Å²) in [6.45, 7) is 2.25. The molecule has 0 radical (unpaired) electrons. The lowest BCUT2D eigenvalue weighted by Gasteiger charge is -2.30. The van der Waals surface area contributed by atoms with E-state index in [4.69, 9.17) is 4.74 Å². The minimum absolute atomic E-state index is 0.577. The molecule has 1 fully saturated rings. The molecule has 0 amide bonds. The minimum atomic E-state index is 0.577. The van der Waals surface area contributed by atoms with Crippen LogP contribution in [0.25, 0.3) is 0 Å². The van der Waals surface area contributed by atoms with Gasteiger partial charge in [0.15, 0.2) is 0 Å². The topological polar surface area (TPSA) is 29.5 Å². The smallest absolute Gasteiger partial charge is 0.120 e. The molecule has 1 heterocycles. The van der Waals surface area contributed by atoms with Gasteiger partial charge in [0.05, 0.1) is 7.11 Å². The molecule has 1 aromatic carbocycles. The van der Waals surface area contributed by atoms with Crippen LogP contribution in [0.4, 0.5) is 5.69 Å². The van der Waals surface area contributed by atoms with Gasteiger partial charge in [-0.25, -0.2) is 0 Å². The van der Waals surface area contributed by atoms with Crippen LogP contribution in [-0.4, -0.2) is 26.5 Å². The Balaban J connectivity index is 2.22. The first kappa shape index (κ1) is 12.9. The van der Waals surface area contributed by atoms with Crippen LogP contribution in [0.2, 0.25) is 0 Å². The van der Waals surface area contributed by atoms with Crippen molar-refractivity contribution >= 4 is 12.0 Å². The van der Waals surface area contributed by atoms with Gasteiger partial charge in [-0.3, -0.25) is 0 Å². The third-order valence-electron chi connectivity index (χ3n) is 3.51. The van der Waals surface area contributed by atoms with Crippen LogP contribution >= 0.6 is 0 Å². The SMILES string of the molecule is COc1ccc(N2CCCCC2)c(CCC=O)c1. The van der Waals surface area contributed by atoms with Crippen molar-refractivity contribution in [3.05, 3.63) is 23.8 Å². The van der Waals surface area contributed by atoms with E-state index in [1.54, 1.807) is 7.11 Å². The number of hydrogen-bond acceptors (Lipinski definition) is 3. The summed E-state index contributed by atoms with van der Waals surface area (Å²) in [6.07, 6.45) is 6.22. The highest BCUT2D eigenvalue weighted by molar-refractivity contribution is 5.59. The largest absolute Gasteiger partial charge is 0.497 e. The Hall–Kier alpha value is -1.51. The summed E-state index contributed by atoms with van der Waals surface area (Å²) < 4.78 is 5.27. The summed E-state index contributed by atoms with van der Waals surface area (Å²) in [4.78, 5) is 13.0. The van der Waals surface area contributed by atoms with Gasteiger partial charge >= 0.3 is 0 Å². The Morgan fingerprint density at radius 2 is 2.06 bits per heavy atom. The Morgan fingerprint density at radius 1 is 1.28 bits per heavy atom. The molecule has 0 saturated carbocycles. The maximum atomic E-state index is 10.6. The van der Waals surface area contributed by atoms with Crippen LogP contribution in [0.3, 0.4) is 0 Å². The number of benzene rings is 1. The third kappa shape index (κ3) is 3.03. The van der Waals surface area contributed by atoms with Crippen molar-refractivity contribution in [3.8, 4) is 5.75 Å². The Bertz CT molecular complexity index is 397. The Labute approximate surface area is 109 Å². The van der Waals surface area contributed by atoms with Crippen molar-refractivity contribution in [2.24, 2.45) is 0 Å². The van der Waals surface area contributed by atoms with Crippen molar-refractivity contribution in [2.45, 2.75) is 32.1 Å². The molecule has 98 valence electrons. The molecule has 0 spiro atoms. The highest BCUT2D eigenvalue weighted by Gasteiger charge is 2.14. The molecule has 2 rings (SSSR count). The third-order valence-corrected chi connectivity index (χ3v) is 3.51. The molecule has 18 heavy (non-hydrogen) atoms. The molecule has 3 heteroatoms. The van der Waals surface area contributed by atoms with Gasteiger partial charge in [0.25, 0.3) is 0 Å². The molecular weight excluding hydrogens is 226 g/mol. The fourth-order valence-electron chi connectivity index (χ4n) is 2.55. The van der Waals surface area contributed by atoms with Crippen LogP contribution in [0.5, 0.6) is 5.75 Å². The fraction of sp³-hybridized carbons (Fsp3) is 0.533. The standard InChI is InChI=1S/C15H21NO2/c1-18-14-7-8-15(13(12-14)6-5-11-17)16-9-3-2-4-10-16/h7-8,11-12H,2-6,9-10H2,1H3. The summed E-state index contributed by atoms with van der Waals surface area (Å²) in [5.74, 6) is 0.872. The van der Waals surface area contributed by atoms with E-state index < -0.39 is 0 Å². The summed E-state index contributed by atoms with van der Waals surface area (Å²) in [5.41, 5.74) is 2.50. The van der Waals surface area contributed by atoms with Gasteiger partial charge in [0.1, 0.15) is 12.0 Å². The van der Waals surface area contributed by atoms with E-state index in [0.29, 0.717) is 6.42 Å². The molecule has 1 saturated heterocycles. The van der Waals surface area contributed by atoms with Crippen molar-refractivity contribution in [1.82, 2.24) is 0 Å². The van der Waals surface area contributed by atoms with Gasteiger partial charge in [0, 0.05) is 25.2 Å². The molecule has 0 aromatic heterocycles. The molecule has 1 aliphatic rings. The zero-order chi connectivity index (χ0) is 12.8. The van der Waals surface area contributed by atoms with Gasteiger partial charge in [-0.15, -0.1) is 0 Å². The highest BCUT2D eigenvalue weighted by atomic mass is 16.5. The first-order valence-corrected chi connectivity index (χ1v) is 6.70. The van der Waals surface area contributed by atoms with Gasteiger partial charge in [-0.05, 0) is 49.4 Å². The second-order valence-corrected chi connectivity index (χ2v) is 4.75. The van der Waals surface area contributed by atoms with E-state index in [1.165, 1.54) is 30.5 Å². The zero-order valence-electron chi connectivity index (χ0n) is 11.0. The number of ether oxygens (including phenoxy) is 1. The lowest BCUT2D eigenvalue weighted by molar-refractivity contribution is -0.107. The van der Waals surface area contributed by atoms with Crippen molar-refractivity contribution in [2.75, 3.05) is 25.1 Å². The van der Waals surface area contributed by atoms with Crippen molar-refractivity contribution in [3.63, 3.8) is 0 Å². The minimum Gasteiger partial charge on any atom is -0.497 e. The van der Waals surface area contributed by atoms with Gasteiger partial charge in [-0.2, -0.15) is 0 Å². The lowest BCUT2D eigenvalue weighted by atomic mass is 10.0. The van der Waals surface area contributed by atoms with E-state index in [2.05, 4.69) is 17.0 Å². The first-order chi connectivity index (χ1) is 8.85. The monoisotopic (exact) mass is 247 g/mol. The predicted molar refractivity (Wildman–Crippen MR) is 73.4 cm³/mol. The summed E-state index contributed by atoms with van der Waals surface area (Å²) in [5, 5.41) is 0. The molecule has 0 N–H and O–H groups in total. The number of rotatable bonds is 5. The Kier molecular flexibility index (Phi) is 4.62. The average molecular weight is 247 g/mol. The summed E-state index contributed by atoms with van der Waals surface area (Å²) in [7, 11) is 1.68. The molecule has 0 bridgehead atoms. The van der Waals surface area contributed by atoms with Crippen LogP contribution in [0.15, 0.2) is 18.2 Å². The maximum Gasteiger partial charge on any atom is 0.120 e. The van der Waals surface area contributed by atoms with E-state index in [0.717, 1.165) is 31.5 Å².